The van der Waals surface area contributed by atoms with Crippen LogP contribution in [0.5, 0.6) is 5.75 Å². The van der Waals surface area contributed by atoms with Gasteiger partial charge in [-0.1, -0.05) is 31.5 Å². The van der Waals surface area contributed by atoms with Crippen molar-refractivity contribution in [1.82, 2.24) is 9.88 Å². The fourth-order valence-electron chi connectivity index (χ4n) is 3.86. The van der Waals surface area contributed by atoms with E-state index in [1.807, 2.05) is 19.9 Å². The van der Waals surface area contributed by atoms with Crippen molar-refractivity contribution in [2.24, 2.45) is 10.8 Å². The molecule has 1 saturated heterocycles. The van der Waals surface area contributed by atoms with E-state index in [1.165, 1.54) is 6.07 Å². The molecule has 0 aromatic carbocycles. The normalized spacial score (nSPS) is 25.0. The minimum absolute atomic E-state index is 0.0725. The maximum Gasteiger partial charge on any atom is 0.272 e. The zero-order valence-electron chi connectivity index (χ0n) is 14.0. The summed E-state index contributed by atoms with van der Waals surface area (Å²) in [5, 5.41) is 18.8. The molecule has 6 nitrogen and oxygen atoms in total. The monoisotopic (exact) mass is 359 g/mol. The number of ketones is 1. The lowest BCUT2D eigenvalue weighted by Gasteiger charge is -2.38. The summed E-state index contributed by atoms with van der Waals surface area (Å²) in [6.45, 7) is 4.62. The second kappa shape index (κ2) is 5.85. The second-order valence-electron chi connectivity index (χ2n) is 7.42. The molecular weight excluding hydrogens is 342 g/mol. The number of nitrogens with zero attached hydrogens (tertiary/aromatic N) is 3. The number of Topliss-reactive ketones (excluding diaryl/α,β-unsaturated/α-hetero) is 1. The number of carbonyl (C=O) groups is 2. The molecule has 1 aromatic heterocycles. The van der Waals surface area contributed by atoms with E-state index in [-0.39, 0.29) is 39.1 Å². The molecule has 1 unspecified atom stereocenters. The Bertz CT molecular complexity index is 840. The van der Waals surface area contributed by atoms with Crippen molar-refractivity contribution in [2.75, 3.05) is 13.1 Å². The zero-order chi connectivity index (χ0) is 18.4. The number of amides is 1. The Morgan fingerprint density at radius 2 is 2.20 bits per heavy atom. The van der Waals surface area contributed by atoms with Crippen molar-refractivity contribution >= 4 is 23.3 Å². The smallest absolute Gasteiger partial charge is 0.272 e. The molecule has 1 amide bonds. The Labute approximate surface area is 150 Å². The standard InChI is InChI=1S/C18H18ClN3O3/c1-17(2)9-18(6-11(7-20)15(17)24)3-4-22(10-18)16(25)13-5-12(19)14(23)8-21-13/h5-6,8,23H,3-4,9-10H2,1-2H3. The number of allylic oxidation sites excluding steroid dienone is 1. The lowest BCUT2D eigenvalue weighted by Crippen LogP contribution is -2.40. The topological polar surface area (TPSA) is 94.3 Å². The summed E-state index contributed by atoms with van der Waals surface area (Å²) in [5.74, 6) is -0.594. The zero-order valence-corrected chi connectivity index (χ0v) is 14.8. The van der Waals surface area contributed by atoms with Gasteiger partial charge in [0.15, 0.2) is 11.5 Å². The molecule has 1 atom stereocenters. The average Bonchev–Trinajstić information content (AvgIpc) is 2.96. The van der Waals surface area contributed by atoms with Gasteiger partial charge in [0.2, 0.25) is 0 Å². The van der Waals surface area contributed by atoms with Gasteiger partial charge >= 0.3 is 0 Å². The number of nitriles is 1. The Balaban J connectivity index is 1.87. The molecule has 3 rings (SSSR count). The Morgan fingerprint density at radius 3 is 2.84 bits per heavy atom. The van der Waals surface area contributed by atoms with Crippen molar-refractivity contribution in [1.29, 1.82) is 5.26 Å². The lowest BCUT2D eigenvalue weighted by molar-refractivity contribution is -0.125. The van der Waals surface area contributed by atoms with Crippen LogP contribution in [0, 0.1) is 22.2 Å². The number of hydrogen-bond acceptors (Lipinski definition) is 5. The summed E-state index contributed by atoms with van der Waals surface area (Å²) in [5.41, 5.74) is -0.663. The van der Waals surface area contributed by atoms with E-state index in [0.29, 0.717) is 25.9 Å². The summed E-state index contributed by atoms with van der Waals surface area (Å²) < 4.78 is 0. The summed E-state index contributed by atoms with van der Waals surface area (Å²) in [6.07, 6.45) is 4.17. The van der Waals surface area contributed by atoms with Crippen LogP contribution in [0.25, 0.3) is 0 Å². The van der Waals surface area contributed by atoms with Crippen LogP contribution < -0.4 is 0 Å². The summed E-state index contributed by atoms with van der Waals surface area (Å²) in [6, 6.07) is 3.34. The van der Waals surface area contributed by atoms with E-state index in [1.54, 1.807) is 11.0 Å². The molecule has 1 aliphatic heterocycles. The van der Waals surface area contributed by atoms with Gasteiger partial charge in [0, 0.05) is 23.9 Å². The van der Waals surface area contributed by atoms with Crippen LogP contribution in [0.1, 0.15) is 37.2 Å². The predicted molar refractivity (Wildman–Crippen MR) is 91.0 cm³/mol. The minimum atomic E-state index is -0.626. The first-order valence-corrected chi connectivity index (χ1v) is 8.37. The van der Waals surface area contributed by atoms with Crippen LogP contribution in [0.3, 0.4) is 0 Å². The maximum absolute atomic E-state index is 12.7. The van der Waals surface area contributed by atoms with Gasteiger partial charge in [-0.2, -0.15) is 5.26 Å². The third kappa shape index (κ3) is 3.00. The van der Waals surface area contributed by atoms with Crippen molar-refractivity contribution in [2.45, 2.75) is 26.7 Å². The highest BCUT2D eigenvalue weighted by molar-refractivity contribution is 6.32. The first kappa shape index (κ1) is 17.4. The van der Waals surface area contributed by atoms with Gasteiger partial charge in [0.05, 0.1) is 16.8 Å². The van der Waals surface area contributed by atoms with E-state index in [9.17, 15) is 20.0 Å². The molecule has 1 N–H and O–H groups in total. The summed E-state index contributed by atoms with van der Waals surface area (Å²) in [7, 11) is 0. The number of aromatic hydroxyl groups is 1. The molecule has 130 valence electrons. The van der Waals surface area contributed by atoms with Gasteiger partial charge in [-0.3, -0.25) is 9.59 Å². The number of rotatable bonds is 1. The Kier molecular flexibility index (Phi) is 4.08. The average molecular weight is 360 g/mol. The summed E-state index contributed by atoms with van der Waals surface area (Å²) >= 11 is 5.85. The van der Waals surface area contributed by atoms with E-state index >= 15 is 0 Å². The highest BCUT2D eigenvalue weighted by Crippen LogP contribution is 2.48. The molecule has 0 saturated carbocycles. The maximum atomic E-state index is 12.7. The van der Waals surface area contributed by atoms with Crippen molar-refractivity contribution in [3.8, 4) is 11.8 Å². The van der Waals surface area contributed by atoms with Gasteiger partial charge in [-0.25, -0.2) is 4.98 Å². The number of aromatic nitrogens is 1. The van der Waals surface area contributed by atoms with Crippen molar-refractivity contribution in [3.63, 3.8) is 0 Å². The number of carbonyl (C=O) groups excluding carboxylic acids is 2. The number of likely N-dealkylation sites (tertiary alicyclic amines) is 1. The van der Waals surface area contributed by atoms with Crippen LogP contribution >= 0.6 is 11.6 Å². The van der Waals surface area contributed by atoms with Crippen molar-refractivity contribution < 1.29 is 14.7 Å². The molecule has 2 aliphatic rings. The third-order valence-corrected chi connectivity index (χ3v) is 5.25. The molecule has 1 aromatic rings. The lowest BCUT2D eigenvalue weighted by atomic mass is 9.64. The van der Waals surface area contributed by atoms with Crippen LogP contribution in [0.4, 0.5) is 0 Å². The summed E-state index contributed by atoms with van der Waals surface area (Å²) in [4.78, 5) is 30.6. The minimum Gasteiger partial charge on any atom is -0.505 e. The fraction of sp³-hybridized carbons (Fsp3) is 0.444. The van der Waals surface area contributed by atoms with Gasteiger partial charge in [-0.05, 0) is 18.9 Å². The Hall–Kier alpha value is -2.39. The van der Waals surface area contributed by atoms with Gasteiger partial charge in [0.1, 0.15) is 11.8 Å². The van der Waals surface area contributed by atoms with E-state index in [2.05, 4.69) is 4.98 Å². The largest absolute Gasteiger partial charge is 0.505 e. The quantitative estimate of drug-likeness (QED) is 0.831. The van der Waals surface area contributed by atoms with Crippen LogP contribution in [-0.2, 0) is 4.79 Å². The molecule has 0 radical (unpaired) electrons. The molecule has 0 bridgehead atoms. The van der Waals surface area contributed by atoms with Crippen LogP contribution in [-0.4, -0.2) is 39.8 Å². The van der Waals surface area contributed by atoms with E-state index < -0.39 is 5.41 Å². The first-order valence-electron chi connectivity index (χ1n) is 7.99. The number of pyridine rings is 1. The van der Waals surface area contributed by atoms with Crippen LogP contribution in [0.15, 0.2) is 23.9 Å². The van der Waals surface area contributed by atoms with Gasteiger partial charge in [0.25, 0.3) is 5.91 Å². The molecule has 1 spiro atoms. The van der Waals surface area contributed by atoms with Crippen LogP contribution in [0.2, 0.25) is 5.02 Å². The second-order valence-corrected chi connectivity index (χ2v) is 7.83. The Morgan fingerprint density at radius 1 is 1.48 bits per heavy atom. The SMILES string of the molecule is CC1(C)CC2(C=C(C#N)C1=O)CCN(C(=O)c1cc(Cl)c(O)cn1)C2. The van der Waals surface area contributed by atoms with Gasteiger partial charge in [-0.15, -0.1) is 0 Å². The molecule has 7 heteroatoms. The first-order chi connectivity index (χ1) is 11.7. The van der Waals surface area contributed by atoms with Gasteiger partial charge < -0.3 is 10.0 Å². The van der Waals surface area contributed by atoms with E-state index in [0.717, 1.165) is 6.20 Å². The molecule has 1 aliphatic carbocycles. The number of hydrogen-bond donors (Lipinski definition) is 1. The fourth-order valence-corrected chi connectivity index (χ4v) is 4.02. The highest BCUT2D eigenvalue weighted by Gasteiger charge is 2.49. The molecule has 1 fully saturated rings. The molecule has 2 heterocycles. The highest BCUT2D eigenvalue weighted by atomic mass is 35.5. The van der Waals surface area contributed by atoms with Crippen molar-refractivity contribution in [3.05, 3.63) is 34.6 Å². The van der Waals surface area contributed by atoms with E-state index in [4.69, 9.17) is 11.6 Å². The molecule has 25 heavy (non-hydrogen) atoms. The predicted octanol–water partition coefficient (Wildman–Crippen LogP) is 2.72. The molecular formula is C18H18ClN3O3. The third-order valence-electron chi connectivity index (χ3n) is 4.95. The number of halogens is 1.